The number of ether oxygens (including phenoxy) is 1. The van der Waals surface area contributed by atoms with Crippen molar-refractivity contribution in [1.82, 2.24) is 0 Å². The van der Waals surface area contributed by atoms with Crippen LogP contribution in [0.5, 0.6) is 0 Å². The fourth-order valence-corrected chi connectivity index (χ4v) is 1.99. The van der Waals surface area contributed by atoms with Crippen molar-refractivity contribution in [3.63, 3.8) is 0 Å². The molecule has 4 nitrogen and oxygen atoms in total. The Labute approximate surface area is 118 Å². The number of carbonyl (C=O) groups is 1. The highest BCUT2D eigenvalue weighted by molar-refractivity contribution is 6.00. The van der Waals surface area contributed by atoms with Crippen LogP contribution in [0.3, 0.4) is 0 Å². The number of hydrogen-bond donors (Lipinski definition) is 2. The van der Waals surface area contributed by atoms with Crippen molar-refractivity contribution in [2.45, 2.75) is 13.8 Å². The predicted molar refractivity (Wildman–Crippen MR) is 81.4 cm³/mol. The maximum absolute atomic E-state index is 11.8. The molecule has 2 aromatic rings. The molecule has 2 aromatic carbocycles. The number of nitrogen functional groups attached to an aromatic ring is 1. The summed E-state index contributed by atoms with van der Waals surface area (Å²) in [5.41, 5.74) is 10.6. The van der Waals surface area contributed by atoms with Crippen LogP contribution in [-0.4, -0.2) is 13.1 Å². The quantitative estimate of drug-likeness (QED) is 0.662. The molecule has 3 N–H and O–H groups in total. The number of nitrogens with two attached hydrogens (primary N) is 1. The largest absolute Gasteiger partial charge is 0.465 e. The molecule has 0 aliphatic rings. The Bertz CT molecular complexity index is 651. The summed E-state index contributed by atoms with van der Waals surface area (Å²) < 4.78 is 4.79. The number of aryl methyl sites for hydroxylation is 2. The SMILES string of the molecule is COC(=O)c1cccc(N)c1Nc1cc(C)ccc1C. The molecule has 2 rings (SSSR count). The van der Waals surface area contributed by atoms with E-state index in [9.17, 15) is 4.79 Å². The third kappa shape index (κ3) is 2.74. The Morgan fingerprint density at radius 3 is 2.65 bits per heavy atom. The molecule has 0 radical (unpaired) electrons. The molecule has 0 saturated heterocycles. The normalized spacial score (nSPS) is 10.2. The minimum Gasteiger partial charge on any atom is -0.465 e. The molecule has 0 aliphatic carbocycles. The third-order valence-corrected chi connectivity index (χ3v) is 3.15. The van der Waals surface area contributed by atoms with Crippen LogP contribution in [0.15, 0.2) is 36.4 Å². The highest BCUT2D eigenvalue weighted by Gasteiger charge is 2.14. The van der Waals surface area contributed by atoms with E-state index in [4.69, 9.17) is 10.5 Å². The van der Waals surface area contributed by atoms with Crippen LogP contribution in [0.1, 0.15) is 21.5 Å². The number of esters is 1. The van der Waals surface area contributed by atoms with Crippen molar-refractivity contribution in [3.8, 4) is 0 Å². The second-order valence-electron chi connectivity index (χ2n) is 4.70. The van der Waals surface area contributed by atoms with E-state index in [1.165, 1.54) is 7.11 Å². The van der Waals surface area contributed by atoms with Crippen molar-refractivity contribution in [3.05, 3.63) is 53.1 Å². The van der Waals surface area contributed by atoms with Crippen LogP contribution in [0.25, 0.3) is 0 Å². The molecule has 0 unspecified atom stereocenters. The lowest BCUT2D eigenvalue weighted by Gasteiger charge is -2.15. The van der Waals surface area contributed by atoms with E-state index in [0.717, 1.165) is 16.8 Å². The molecule has 0 atom stereocenters. The van der Waals surface area contributed by atoms with Crippen LogP contribution in [-0.2, 0) is 4.74 Å². The molecule has 0 bridgehead atoms. The summed E-state index contributed by atoms with van der Waals surface area (Å²) >= 11 is 0. The van der Waals surface area contributed by atoms with Crippen molar-refractivity contribution < 1.29 is 9.53 Å². The van der Waals surface area contributed by atoms with Crippen LogP contribution < -0.4 is 11.1 Å². The summed E-state index contributed by atoms with van der Waals surface area (Å²) in [5.74, 6) is -0.412. The van der Waals surface area contributed by atoms with E-state index in [0.29, 0.717) is 16.9 Å². The molecule has 0 aliphatic heterocycles. The Kier molecular flexibility index (Phi) is 3.94. The molecule has 0 heterocycles. The first kappa shape index (κ1) is 13.9. The van der Waals surface area contributed by atoms with Gasteiger partial charge >= 0.3 is 5.97 Å². The van der Waals surface area contributed by atoms with Crippen molar-refractivity contribution in [2.75, 3.05) is 18.2 Å². The number of anilines is 3. The molecular formula is C16H18N2O2. The summed E-state index contributed by atoms with van der Waals surface area (Å²) in [6, 6.07) is 11.2. The number of carbonyl (C=O) groups excluding carboxylic acids is 1. The van der Waals surface area contributed by atoms with E-state index in [2.05, 4.69) is 5.32 Å². The Hall–Kier alpha value is -2.49. The molecular weight excluding hydrogens is 252 g/mol. The second-order valence-corrected chi connectivity index (χ2v) is 4.70. The number of nitrogens with one attached hydrogen (secondary N) is 1. The van der Waals surface area contributed by atoms with Crippen LogP contribution in [0.4, 0.5) is 17.1 Å². The Balaban J connectivity index is 2.47. The molecule has 0 fully saturated rings. The summed E-state index contributed by atoms with van der Waals surface area (Å²) in [6.45, 7) is 4.01. The first-order chi connectivity index (χ1) is 9.52. The van der Waals surface area contributed by atoms with Crippen molar-refractivity contribution in [1.29, 1.82) is 0 Å². The third-order valence-electron chi connectivity index (χ3n) is 3.15. The zero-order valence-corrected chi connectivity index (χ0v) is 11.9. The molecule has 0 saturated carbocycles. The second kappa shape index (κ2) is 5.65. The van der Waals surface area contributed by atoms with Gasteiger partial charge in [0.25, 0.3) is 0 Å². The van der Waals surface area contributed by atoms with E-state index in [-0.39, 0.29) is 0 Å². The van der Waals surface area contributed by atoms with Gasteiger partial charge < -0.3 is 15.8 Å². The maximum atomic E-state index is 11.8. The minimum atomic E-state index is -0.412. The van der Waals surface area contributed by atoms with Gasteiger partial charge in [-0.25, -0.2) is 4.79 Å². The smallest absolute Gasteiger partial charge is 0.340 e. The van der Waals surface area contributed by atoms with E-state index in [1.54, 1.807) is 18.2 Å². The number of para-hydroxylation sites is 1. The zero-order valence-electron chi connectivity index (χ0n) is 11.9. The van der Waals surface area contributed by atoms with Gasteiger partial charge in [0.15, 0.2) is 0 Å². The number of hydrogen-bond acceptors (Lipinski definition) is 4. The van der Waals surface area contributed by atoms with Gasteiger partial charge in [-0.15, -0.1) is 0 Å². The summed E-state index contributed by atoms with van der Waals surface area (Å²) in [4.78, 5) is 11.8. The van der Waals surface area contributed by atoms with Gasteiger partial charge in [-0.05, 0) is 43.2 Å². The predicted octanol–water partition coefficient (Wildman–Crippen LogP) is 3.42. The summed E-state index contributed by atoms with van der Waals surface area (Å²) in [5, 5.41) is 3.24. The van der Waals surface area contributed by atoms with Crippen molar-refractivity contribution in [2.24, 2.45) is 0 Å². The maximum Gasteiger partial charge on any atom is 0.340 e. The lowest BCUT2D eigenvalue weighted by molar-refractivity contribution is 0.0602. The highest BCUT2D eigenvalue weighted by Crippen LogP contribution is 2.29. The molecule has 4 heteroatoms. The monoisotopic (exact) mass is 270 g/mol. The van der Waals surface area contributed by atoms with Gasteiger partial charge in [-0.1, -0.05) is 18.2 Å². The van der Waals surface area contributed by atoms with Gasteiger partial charge in [0.2, 0.25) is 0 Å². The summed E-state index contributed by atoms with van der Waals surface area (Å²) in [6.07, 6.45) is 0. The number of methoxy groups -OCH3 is 1. The molecule has 0 amide bonds. The average molecular weight is 270 g/mol. The van der Waals surface area contributed by atoms with Gasteiger partial charge in [0, 0.05) is 5.69 Å². The number of benzene rings is 2. The van der Waals surface area contributed by atoms with Gasteiger partial charge in [0.05, 0.1) is 24.0 Å². The van der Waals surface area contributed by atoms with Crippen LogP contribution in [0.2, 0.25) is 0 Å². The highest BCUT2D eigenvalue weighted by atomic mass is 16.5. The van der Waals surface area contributed by atoms with Crippen LogP contribution in [0, 0.1) is 13.8 Å². The van der Waals surface area contributed by atoms with Crippen molar-refractivity contribution >= 4 is 23.0 Å². The lowest BCUT2D eigenvalue weighted by Crippen LogP contribution is -2.08. The average Bonchev–Trinajstić information content (AvgIpc) is 2.44. The Morgan fingerprint density at radius 1 is 1.20 bits per heavy atom. The zero-order chi connectivity index (χ0) is 14.7. The number of rotatable bonds is 3. The fourth-order valence-electron chi connectivity index (χ4n) is 1.99. The van der Waals surface area contributed by atoms with Gasteiger partial charge in [-0.3, -0.25) is 0 Å². The fraction of sp³-hybridized carbons (Fsp3) is 0.188. The topological polar surface area (TPSA) is 64.3 Å². The van der Waals surface area contributed by atoms with E-state index >= 15 is 0 Å². The standard InChI is InChI=1S/C16H18N2O2/c1-10-7-8-11(2)14(9-10)18-15-12(16(19)20-3)5-4-6-13(15)17/h4-9,18H,17H2,1-3H3. The van der Waals surface area contributed by atoms with Gasteiger partial charge in [-0.2, -0.15) is 0 Å². The molecule has 0 aromatic heterocycles. The summed E-state index contributed by atoms with van der Waals surface area (Å²) in [7, 11) is 1.35. The lowest BCUT2D eigenvalue weighted by atomic mass is 10.1. The van der Waals surface area contributed by atoms with E-state index in [1.807, 2.05) is 32.0 Å². The van der Waals surface area contributed by atoms with Gasteiger partial charge in [0.1, 0.15) is 0 Å². The first-order valence-electron chi connectivity index (χ1n) is 6.34. The Morgan fingerprint density at radius 2 is 1.95 bits per heavy atom. The molecule has 0 spiro atoms. The molecule has 104 valence electrons. The van der Waals surface area contributed by atoms with E-state index < -0.39 is 5.97 Å². The minimum absolute atomic E-state index is 0.412. The van der Waals surface area contributed by atoms with Crippen LogP contribution >= 0.6 is 0 Å². The molecule has 20 heavy (non-hydrogen) atoms. The first-order valence-corrected chi connectivity index (χ1v) is 6.34.